The third kappa shape index (κ3) is 4.96. The summed E-state index contributed by atoms with van der Waals surface area (Å²) in [5.41, 5.74) is 0.421. The van der Waals surface area contributed by atoms with Gasteiger partial charge in [-0.15, -0.1) is 0 Å². The van der Waals surface area contributed by atoms with Gasteiger partial charge in [0.25, 0.3) is 11.6 Å². The number of nitro benzene ring substituents is 1. The van der Waals surface area contributed by atoms with Crippen molar-refractivity contribution < 1.29 is 22.9 Å². The number of carbonyl (C=O) groups is 1. The number of benzene rings is 2. The zero-order valence-corrected chi connectivity index (χ0v) is 16.5. The molecule has 0 spiro atoms. The third-order valence-corrected chi connectivity index (χ3v) is 5.21. The fraction of sp³-hybridized carbons (Fsp3) is 0.381. The van der Waals surface area contributed by atoms with Gasteiger partial charge in [-0.05, 0) is 37.1 Å². The van der Waals surface area contributed by atoms with Gasteiger partial charge in [-0.3, -0.25) is 19.8 Å². The zero-order chi connectivity index (χ0) is 21.9. The van der Waals surface area contributed by atoms with Crippen LogP contribution in [0.25, 0.3) is 0 Å². The van der Waals surface area contributed by atoms with Crippen LogP contribution in [0.4, 0.5) is 18.9 Å². The van der Waals surface area contributed by atoms with E-state index in [4.69, 9.17) is 0 Å². The minimum Gasteiger partial charge on any atom is -0.337 e. The highest BCUT2D eigenvalue weighted by atomic mass is 19.4. The van der Waals surface area contributed by atoms with Gasteiger partial charge in [0.1, 0.15) is 5.56 Å². The fourth-order valence-corrected chi connectivity index (χ4v) is 3.63. The van der Waals surface area contributed by atoms with E-state index in [0.29, 0.717) is 44.7 Å². The van der Waals surface area contributed by atoms with Crippen molar-refractivity contribution in [3.05, 3.63) is 74.8 Å². The van der Waals surface area contributed by atoms with Gasteiger partial charge in [0, 0.05) is 38.3 Å². The van der Waals surface area contributed by atoms with E-state index in [2.05, 4.69) is 4.90 Å². The molecule has 1 aliphatic rings. The lowest BCUT2D eigenvalue weighted by molar-refractivity contribution is -0.385. The smallest absolute Gasteiger partial charge is 0.337 e. The Morgan fingerprint density at radius 2 is 1.77 bits per heavy atom. The van der Waals surface area contributed by atoms with Crippen LogP contribution in [0.3, 0.4) is 0 Å². The molecule has 3 rings (SSSR count). The summed E-state index contributed by atoms with van der Waals surface area (Å²) in [7, 11) is 0. The maximum absolute atomic E-state index is 12.9. The molecule has 0 N–H and O–H groups in total. The third-order valence-electron chi connectivity index (χ3n) is 5.21. The van der Waals surface area contributed by atoms with Crippen LogP contribution in [0.5, 0.6) is 0 Å². The van der Waals surface area contributed by atoms with Crippen LogP contribution in [0, 0.1) is 17.0 Å². The van der Waals surface area contributed by atoms with Crippen molar-refractivity contribution in [2.45, 2.75) is 26.1 Å². The van der Waals surface area contributed by atoms with Crippen LogP contribution in [0.1, 0.15) is 33.5 Å². The summed E-state index contributed by atoms with van der Waals surface area (Å²) < 4.78 is 38.1. The number of rotatable bonds is 4. The molecule has 1 fully saturated rings. The fourth-order valence-electron chi connectivity index (χ4n) is 3.63. The van der Waals surface area contributed by atoms with Crippen molar-refractivity contribution in [2.75, 3.05) is 26.2 Å². The number of halogens is 3. The van der Waals surface area contributed by atoms with Gasteiger partial charge in [-0.1, -0.05) is 24.3 Å². The summed E-state index contributed by atoms with van der Waals surface area (Å²) >= 11 is 0. The molecule has 1 saturated heterocycles. The topological polar surface area (TPSA) is 66.7 Å². The monoisotopic (exact) mass is 421 g/mol. The normalized spacial score (nSPS) is 15.7. The van der Waals surface area contributed by atoms with E-state index >= 15 is 0 Å². The Labute approximate surface area is 172 Å². The highest BCUT2D eigenvalue weighted by molar-refractivity contribution is 5.98. The van der Waals surface area contributed by atoms with Crippen LogP contribution < -0.4 is 0 Å². The van der Waals surface area contributed by atoms with Gasteiger partial charge in [0.2, 0.25) is 0 Å². The standard InChI is InChI=1S/C21H22F3N3O3/c1-15-4-2-5-18(19(15)27(29)30)20(28)26-11-3-10-25(12-13-26)14-16-6-8-17(9-7-16)21(22,23)24/h2,4-9H,3,10-14H2,1H3. The number of alkyl halides is 3. The maximum atomic E-state index is 12.9. The summed E-state index contributed by atoms with van der Waals surface area (Å²) in [5.74, 6) is -0.373. The molecule has 0 atom stereocenters. The molecular formula is C21H22F3N3O3. The number of aryl methyl sites for hydroxylation is 1. The van der Waals surface area contributed by atoms with E-state index in [1.165, 1.54) is 18.2 Å². The van der Waals surface area contributed by atoms with E-state index in [0.717, 1.165) is 17.7 Å². The summed E-state index contributed by atoms with van der Waals surface area (Å²) in [6.07, 6.45) is -3.69. The number of nitro groups is 1. The molecule has 0 unspecified atom stereocenters. The molecule has 0 saturated carbocycles. The van der Waals surface area contributed by atoms with Crippen molar-refractivity contribution in [1.29, 1.82) is 0 Å². The van der Waals surface area contributed by atoms with E-state index in [1.54, 1.807) is 24.0 Å². The first-order valence-electron chi connectivity index (χ1n) is 9.58. The number of carbonyl (C=O) groups excluding carboxylic acids is 1. The van der Waals surface area contributed by atoms with E-state index in [-0.39, 0.29) is 17.2 Å². The van der Waals surface area contributed by atoms with Crippen molar-refractivity contribution in [3.8, 4) is 0 Å². The van der Waals surface area contributed by atoms with Crippen molar-refractivity contribution >= 4 is 11.6 Å². The Balaban J connectivity index is 1.66. The highest BCUT2D eigenvalue weighted by Gasteiger charge is 2.30. The SMILES string of the molecule is Cc1cccc(C(=O)N2CCCN(Cc3ccc(C(F)(F)F)cc3)CC2)c1[N+](=O)[O-]. The molecule has 0 bridgehead atoms. The molecule has 2 aromatic carbocycles. The molecule has 1 heterocycles. The minimum absolute atomic E-state index is 0.0798. The second-order valence-electron chi connectivity index (χ2n) is 7.34. The van der Waals surface area contributed by atoms with Crippen molar-refractivity contribution in [2.24, 2.45) is 0 Å². The maximum Gasteiger partial charge on any atom is 0.416 e. The predicted octanol–water partition coefficient (Wildman–Crippen LogP) is 4.27. The molecule has 1 amide bonds. The molecule has 160 valence electrons. The predicted molar refractivity (Wildman–Crippen MR) is 105 cm³/mol. The van der Waals surface area contributed by atoms with E-state index in [1.807, 2.05) is 0 Å². The first-order valence-corrected chi connectivity index (χ1v) is 9.58. The average molecular weight is 421 g/mol. The molecule has 9 heteroatoms. The lowest BCUT2D eigenvalue weighted by Crippen LogP contribution is -2.35. The minimum atomic E-state index is -4.36. The first-order chi connectivity index (χ1) is 14.2. The van der Waals surface area contributed by atoms with Gasteiger partial charge in [0.15, 0.2) is 0 Å². The number of hydrogen-bond donors (Lipinski definition) is 0. The number of para-hydroxylation sites is 1. The Hall–Kier alpha value is -2.94. The van der Waals surface area contributed by atoms with Gasteiger partial charge in [-0.25, -0.2) is 0 Å². The Kier molecular flexibility index (Phi) is 6.40. The summed E-state index contributed by atoms with van der Waals surface area (Å²) in [4.78, 5) is 27.5. The Morgan fingerprint density at radius 3 is 2.40 bits per heavy atom. The molecule has 0 aromatic heterocycles. The summed E-state index contributed by atoms with van der Waals surface area (Å²) in [6, 6.07) is 9.77. The Morgan fingerprint density at radius 1 is 1.07 bits per heavy atom. The van der Waals surface area contributed by atoms with E-state index < -0.39 is 16.7 Å². The highest BCUT2D eigenvalue weighted by Crippen LogP contribution is 2.29. The van der Waals surface area contributed by atoms with Crippen LogP contribution in [-0.2, 0) is 12.7 Å². The molecule has 0 radical (unpaired) electrons. The van der Waals surface area contributed by atoms with Gasteiger partial charge < -0.3 is 4.90 Å². The lowest BCUT2D eigenvalue weighted by atomic mass is 10.1. The quantitative estimate of drug-likeness (QED) is 0.546. The molecule has 2 aromatic rings. The average Bonchev–Trinajstić information content (AvgIpc) is 2.92. The van der Waals surface area contributed by atoms with Crippen molar-refractivity contribution in [1.82, 2.24) is 9.80 Å². The van der Waals surface area contributed by atoms with Crippen LogP contribution in [0.2, 0.25) is 0 Å². The molecule has 0 aliphatic carbocycles. The summed E-state index contributed by atoms with van der Waals surface area (Å²) in [5, 5.41) is 11.4. The van der Waals surface area contributed by atoms with Gasteiger partial charge >= 0.3 is 6.18 Å². The second kappa shape index (κ2) is 8.83. The van der Waals surface area contributed by atoms with Gasteiger partial charge in [-0.2, -0.15) is 13.2 Å². The molecule has 30 heavy (non-hydrogen) atoms. The second-order valence-corrected chi connectivity index (χ2v) is 7.34. The van der Waals surface area contributed by atoms with Gasteiger partial charge in [0.05, 0.1) is 10.5 Å². The number of hydrogen-bond acceptors (Lipinski definition) is 4. The van der Waals surface area contributed by atoms with Crippen LogP contribution in [-0.4, -0.2) is 46.8 Å². The van der Waals surface area contributed by atoms with Crippen LogP contribution in [0.15, 0.2) is 42.5 Å². The molecule has 1 aliphatic heterocycles. The number of amides is 1. The lowest BCUT2D eigenvalue weighted by Gasteiger charge is -2.22. The van der Waals surface area contributed by atoms with E-state index in [9.17, 15) is 28.1 Å². The number of nitrogens with zero attached hydrogens (tertiary/aromatic N) is 3. The molecular weight excluding hydrogens is 399 g/mol. The van der Waals surface area contributed by atoms with Crippen LogP contribution >= 0.6 is 0 Å². The molecule has 6 nitrogen and oxygen atoms in total. The first kappa shape index (κ1) is 21.8. The van der Waals surface area contributed by atoms with Crippen molar-refractivity contribution in [3.63, 3.8) is 0 Å². The zero-order valence-electron chi connectivity index (χ0n) is 16.5. The summed E-state index contributed by atoms with van der Waals surface area (Å²) in [6.45, 7) is 4.15. The Bertz CT molecular complexity index is 929. The largest absolute Gasteiger partial charge is 0.416 e.